The van der Waals surface area contributed by atoms with Gasteiger partial charge in [-0.3, -0.25) is 0 Å². The minimum Gasteiger partial charge on any atom is -0.403 e. The molecule has 1 nitrogen and oxygen atoms in total. The Morgan fingerprint density at radius 3 is 1.96 bits per heavy atom. The SMILES string of the molecule is CC(C)=CCC1C[Si](c2ccccc2)(c2ccccc2)OC1(C)C. The van der Waals surface area contributed by atoms with E-state index in [1.807, 2.05) is 0 Å². The third-order valence-corrected chi connectivity index (χ3v) is 9.72. The molecule has 1 atom stereocenters. The van der Waals surface area contributed by atoms with Gasteiger partial charge < -0.3 is 4.43 Å². The van der Waals surface area contributed by atoms with Crippen LogP contribution in [0.25, 0.3) is 0 Å². The van der Waals surface area contributed by atoms with E-state index >= 15 is 0 Å². The van der Waals surface area contributed by atoms with E-state index in [-0.39, 0.29) is 5.60 Å². The molecule has 1 heterocycles. The fourth-order valence-corrected chi connectivity index (χ4v) is 8.85. The number of hydrogen-bond acceptors (Lipinski definition) is 1. The third-order valence-electron chi connectivity index (χ3n) is 5.25. The lowest BCUT2D eigenvalue weighted by Crippen LogP contribution is -2.59. The summed E-state index contributed by atoms with van der Waals surface area (Å²) in [5.41, 5.74) is 1.30. The Morgan fingerprint density at radius 2 is 1.50 bits per heavy atom. The first kappa shape index (κ1) is 17.2. The number of allylic oxidation sites excluding steroid dienone is 2. The zero-order chi connectivity index (χ0) is 17.2. The van der Waals surface area contributed by atoms with Crippen LogP contribution in [0.5, 0.6) is 0 Å². The molecule has 0 aliphatic carbocycles. The highest BCUT2D eigenvalue weighted by Gasteiger charge is 2.54. The average Bonchev–Trinajstić information content (AvgIpc) is 2.86. The first-order valence-electron chi connectivity index (χ1n) is 8.89. The van der Waals surface area contributed by atoms with Crippen molar-refractivity contribution in [2.75, 3.05) is 0 Å². The molecule has 1 aliphatic rings. The van der Waals surface area contributed by atoms with Crippen molar-refractivity contribution in [3.63, 3.8) is 0 Å². The van der Waals surface area contributed by atoms with Crippen LogP contribution in [0.4, 0.5) is 0 Å². The second-order valence-electron chi connectivity index (χ2n) is 7.68. The lowest BCUT2D eigenvalue weighted by Gasteiger charge is -2.31. The van der Waals surface area contributed by atoms with E-state index in [0.29, 0.717) is 5.92 Å². The van der Waals surface area contributed by atoms with Crippen LogP contribution in [0.3, 0.4) is 0 Å². The molecule has 2 aromatic rings. The molecule has 1 saturated heterocycles. The van der Waals surface area contributed by atoms with Crippen LogP contribution in [0.15, 0.2) is 72.3 Å². The quantitative estimate of drug-likeness (QED) is 0.589. The van der Waals surface area contributed by atoms with Crippen molar-refractivity contribution in [1.29, 1.82) is 0 Å². The lowest BCUT2D eigenvalue weighted by molar-refractivity contribution is 0.0849. The highest BCUT2D eigenvalue weighted by atomic mass is 28.4. The molecule has 24 heavy (non-hydrogen) atoms. The molecule has 126 valence electrons. The van der Waals surface area contributed by atoms with Gasteiger partial charge in [0, 0.05) is 0 Å². The maximum Gasteiger partial charge on any atom is 0.256 e. The van der Waals surface area contributed by atoms with Crippen LogP contribution >= 0.6 is 0 Å². The van der Waals surface area contributed by atoms with Gasteiger partial charge in [0.1, 0.15) is 0 Å². The molecule has 1 fully saturated rings. The van der Waals surface area contributed by atoms with Gasteiger partial charge in [0.15, 0.2) is 0 Å². The van der Waals surface area contributed by atoms with Crippen molar-refractivity contribution in [2.24, 2.45) is 5.92 Å². The number of rotatable bonds is 4. The minimum absolute atomic E-state index is 0.0934. The standard InChI is InChI=1S/C22H28OSi/c1-18(2)15-16-19-17-24(23-22(19,3)4,20-11-7-5-8-12-20)21-13-9-6-10-14-21/h5-15,19H,16-17H2,1-4H3. The van der Waals surface area contributed by atoms with Crippen LogP contribution in [0, 0.1) is 5.92 Å². The highest BCUT2D eigenvalue weighted by molar-refractivity contribution is 6.98. The molecule has 2 heteroatoms. The molecular formula is C22H28OSi. The molecule has 1 aliphatic heterocycles. The van der Waals surface area contributed by atoms with Gasteiger partial charge in [0.05, 0.1) is 5.60 Å². The van der Waals surface area contributed by atoms with Crippen molar-refractivity contribution >= 4 is 18.7 Å². The second-order valence-corrected chi connectivity index (χ2v) is 11.1. The Morgan fingerprint density at radius 1 is 1.00 bits per heavy atom. The van der Waals surface area contributed by atoms with Crippen LogP contribution in [-0.4, -0.2) is 13.9 Å². The molecule has 0 spiro atoms. The van der Waals surface area contributed by atoms with Crippen molar-refractivity contribution in [2.45, 2.75) is 45.8 Å². The predicted molar refractivity (Wildman–Crippen MR) is 105 cm³/mol. The normalized spacial score (nSPS) is 21.4. The summed E-state index contributed by atoms with van der Waals surface area (Å²) in [7, 11) is -2.18. The summed E-state index contributed by atoms with van der Waals surface area (Å²) in [6.07, 6.45) is 3.47. The monoisotopic (exact) mass is 336 g/mol. The van der Waals surface area contributed by atoms with Crippen molar-refractivity contribution in [1.82, 2.24) is 0 Å². The van der Waals surface area contributed by atoms with E-state index in [0.717, 1.165) is 12.5 Å². The van der Waals surface area contributed by atoms with Crippen LogP contribution in [0.2, 0.25) is 6.04 Å². The predicted octanol–water partition coefficient (Wildman–Crippen LogP) is 4.53. The van der Waals surface area contributed by atoms with Gasteiger partial charge in [-0.2, -0.15) is 0 Å². The van der Waals surface area contributed by atoms with E-state index in [1.54, 1.807) is 0 Å². The van der Waals surface area contributed by atoms with Gasteiger partial charge in [-0.15, -0.1) is 0 Å². The maximum atomic E-state index is 6.96. The van der Waals surface area contributed by atoms with Gasteiger partial charge in [-0.05, 0) is 56.5 Å². The molecule has 3 rings (SSSR count). The summed E-state index contributed by atoms with van der Waals surface area (Å²) < 4.78 is 6.96. The van der Waals surface area contributed by atoms with Gasteiger partial charge in [0.2, 0.25) is 0 Å². The fraction of sp³-hybridized carbons (Fsp3) is 0.364. The van der Waals surface area contributed by atoms with E-state index in [9.17, 15) is 0 Å². The van der Waals surface area contributed by atoms with E-state index < -0.39 is 8.32 Å². The van der Waals surface area contributed by atoms with E-state index in [1.165, 1.54) is 15.9 Å². The van der Waals surface area contributed by atoms with Gasteiger partial charge in [-0.25, -0.2) is 0 Å². The van der Waals surface area contributed by atoms with Crippen molar-refractivity contribution in [3.05, 3.63) is 72.3 Å². The molecule has 1 unspecified atom stereocenters. The summed E-state index contributed by atoms with van der Waals surface area (Å²) in [4.78, 5) is 0. The average molecular weight is 337 g/mol. The maximum absolute atomic E-state index is 6.96. The first-order chi connectivity index (χ1) is 11.4. The van der Waals surface area contributed by atoms with Crippen molar-refractivity contribution in [3.8, 4) is 0 Å². The summed E-state index contributed by atoms with van der Waals surface area (Å²) in [6, 6.07) is 23.0. The Kier molecular flexibility index (Phi) is 4.80. The summed E-state index contributed by atoms with van der Waals surface area (Å²) in [5.74, 6) is 0.555. The molecule has 2 aromatic carbocycles. The molecular weight excluding hydrogens is 308 g/mol. The Bertz CT molecular complexity index is 660. The van der Waals surface area contributed by atoms with Gasteiger partial charge in [0.25, 0.3) is 8.32 Å². The van der Waals surface area contributed by atoms with E-state index in [4.69, 9.17) is 4.43 Å². The molecule has 0 amide bonds. The van der Waals surface area contributed by atoms with E-state index in [2.05, 4.69) is 94.4 Å². The van der Waals surface area contributed by atoms with Crippen LogP contribution < -0.4 is 10.4 Å². The molecule has 0 aromatic heterocycles. The fourth-order valence-electron chi connectivity index (χ4n) is 3.85. The zero-order valence-electron chi connectivity index (χ0n) is 15.3. The summed E-state index contributed by atoms with van der Waals surface area (Å²) in [5, 5.41) is 2.79. The Balaban J connectivity index is 2.06. The third kappa shape index (κ3) is 3.26. The lowest BCUT2D eigenvalue weighted by atomic mass is 9.89. The topological polar surface area (TPSA) is 9.23 Å². The van der Waals surface area contributed by atoms with Crippen LogP contribution in [-0.2, 0) is 4.43 Å². The first-order valence-corrected chi connectivity index (χ1v) is 11.0. The summed E-state index contributed by atoms with van der Waals surface area (Å²) >= 11 is 0. The van der Waals surface area contributed by atoms with Gasteiger partial charge in [-0.1, -0.05) is 72.3 Å². The molecule has 0 bridgehead atoms. The molecule has 0 radical (unpaired) electrons. The smallest absolute Gasteiger partial charge is 0.256 e. The molecule has 0 N–H and O–H groups in total. The Hall–Kier alpha value is -1.64. The molecule has 0 saturated carbocycles. The largest absolute Gasteiger partial charge is 0.403 e. The van der Waals surface area contributed by atoms with Gasteiger partial charge >= 0.3 is 0 Å². The minimum atomic E-state index is -2.18. The number of benzene rings is 2. The zero-order valence-corrected chi connectivity index (χ0v) is 16.3. The van der Waals surface area contributed by atoms with Crippen LogP contribution in [0.1, 0.15) is 34.1 Å². The second kappa shape index (κ2) is 6.70. The number of hydrogen-bond donors (Lipinski definition) is 0. The van der Waals surface area contributed by atoms with Crippen molar-refractivity contribution < 1.29 is 4.43 Å². The Labute approximate surface area is 147 Å². The highest BCUT2D eigenvalue weighted by Crippen LogP contribution is 2.42. The summed E-state index contributed by atoms with van der Waals surface area (Å²) in [6.45, 7) is 8.91.